The first-order chi connectivity index (χ1) is 11.7. The highest BCUT2D eigenvalue weighted by molar-refractivity contribution is 7.90. The predicted molar refractivity (Wildman–Crippen MR) is 103 cm³/mol. The quantitative estimate of drug-likeness (QED) is 0.762. The van der Waals surface area contributed by atoms with E-state index in [2.05, 4.69) is 10.2 Å². The molecule has 0 saturated carbocycles. The van der Waals surface area contributed by atoms with Crippen LogP contribution in [0.4, 0.5) is 5.82 Å². The molecule has 0 bridgehead atoms. The Bertz CT molecular complexity index is 964. The number of rotatable bonds is 3. The van der Waals surface area contributed by atoms with Crippen LogP contribution in [0.2, 0.25) is 0 Å². The van der Waals surface area contributed by atoms with Crippen LogP contribution in [-0.2, 0) is 10.0 Å². The molecule has 0 atom stereocenters. The summed E-state index contributed by atoms with van der Waals surface area (Å²) in [4.78, 5) is 2.44. The second-order valence-electron chi connectivity index (χ2n) is 5.88. The van der Waals surface area contributed by atoms with Gasteiger partial charge in [-0.2, -0.15) is 0 Å². The second kappa shape index (κ2) is 7.07. The van der Waals surface area contributed by atoms with Crippen LogP contribution in [0.5, 0.6) is 0 Å². The Hall–Kier alpha value is -2.02. The Kier molecular flexibility index (Phi) is 5.03. The van der Waals surface area contributed by atoms with Gasteiger partial charge in [-0.05, 0) is 24.3 Å². The highest BCUT2D eigenvalue weighted by atomic mass is 35.5. The molecule has 0 radical (unpaired) electrons. The molecule has 2 heterocycles. The fourth-order valence-electron chi connectivity index (χ4n) is 3.18. The van der Waals surface area contributed by atoms with Crippen LogP contribution in [0.15, 0.2) is 65.6 Å². The van der Waals surface area contributed by atoms with Gasteiger partial charge in [0.25, 0.3) is 10.0 Å². The van der Waals surface area contributed by atoms with Gasteiger partial charge in [0, 0.05) is 31.6 Å². The number of benzene rings is 2. The van der Waals surface area contributed by atoms with Crippen molar-refractivity contribution in [2.24, 2.45) is 0 Å². The van der Waals surface area contributed by atoms with E-state index < -0.39 is 10.0 Å². The van der Waals surface area contributed by atoms with Gasteiger partial charge in [0.2, 0.25) is 0 Å². The lowest BCUT2D eigenvalue weighted by atomic mass is 10.2. The van der Waals surface area contributed by atoms with Gasteiger partial charge >= 0.3 is 0 Å². The number of piperazine rings is 1. The van der Waals surface area contributed by atoms with E-state index in [1.807, 2.05) is 36.4 Å². The van der Waals surface area contributed by atoms with E-state index in [0.29, 0.717) is 4.90 Å². The van der Waals surface area contributed by atoms with Crippen LogP contribution in [0.3, 0.4) is 0 Å². The van der Waals surface area contributed by atoms with Crippen molar-refractivity contribution in [2.75, 3.05) is 31.1 Å². The Morgan fingerprint density at radius 1 is 0.880 bits per heavy atom. The number of aromatic nitrogens is 1. The van der Waals surface area contributed by atoms with Gasteiger partial charge < -0.3 is 10.2 Å². The van der Waals surface area contributed by atoms with Crippen LogP contribution < -0.4 is 10.2 Å². The predicted octanol–water partition coefficient (Wildman–Crippen LogP) is 2.71. The molecule has 4 rings (SSSR count). The van der Waals surface area contributed by atoms with Gasteiger partial charge in [-0.1, -0.05) is 36.4 Å². The minimum atomic E-state index is -3.65. The summed E-state index contributed by atoms with van der Waals surface area (Å²) in [6, 6.07) is 18.2. The van der Waals surface area contributed by atoms with Crippen molar-refractivity contribution < 1.29 is 8.42 Å². The third kappa shape index (κ3) is 3.13. The van der Waals surface area contributed by atoms with Crippen LogP contribution in [0.1, 0.15) is 0 Å². The Balaban J connectivity index is 0.00000182. The average molecular weight is 378 g/mol. The van der Waals surface area contributed by atoms with E-state index in [0.717, 1.165) is 42.9 Å². The number of para-hydroxylation sites is 1. The van der Waals surface area contributed by atoms with E-state index in [9.17, 15) is 8.42 Å². The molecule has 1 fully saturated rings. The van der Waals surface area contributed by atoms with Crippen LogP contribution in [0, 0.1) is 0 Å². The summed E-state index contributed by atoms with van der Waals surface area (Å²) in [5.41, 5.74) is 0.717. The molecule has 25 heavy (non-hydrogen) atoms. The molecule has 1 saturated heterocycles. The fraction of sp³-hybridized carbons (Fsp3) is 0.222. The Morgan fingerprint density at radius 2 is 1.52 bits per heavy atom. The number of hydrogen-bond acceptors (Lipinski definition) is 4. The maximum absolute atomic E-state index is 13.3. The summed E-state index contributed by atoms with van der Waals surface area (Å²) >= 11 is 0. The number of anilines is 1. The zero-order valence-electron chi connectivity index (χ0n) is 13.6. The first-order valence-electron chi connectivity index (χ1n) is 8.05. The average Bonchev–Trinajstić information content (AvgIpc) is 3.03. The van der Waals surface area contributed by atoms with Gasteiger partial charge in [-0.25, -0.2) is 12.4 Å². The van der Waals surface area contributed by atoms with Gasteiger partial charge in [-0.15, -0.1) is 12.4 Å². The minimum absolute atomic E-state index is 0. The van der Waals surface area contributed by atoms with E-state index >= 15 is 0 Å². The van der Waals surface area contributed by atoms with Crippen molar-refractivity contribution in [1.29, 1.82) is 0 Å². The summed E-state index contributed by atoms with van der Waals surface area (Å²) < 4.78 is 28.1. The zero-order valence-corrected chi connectivity index (χ0v) is 15.3. The molecule has 1 aliphatic heterocycles. The van der Waals surface area contributed by atoms with Crippen molar-refractivity contribution in [3.05, 3.63) is 60.7 Å². The summed E-state index contributed by atoms with van der Waals surface area (Å²) in [5.74, 6) is 0.738. The van der Waals surface area contributed by atoms with Gasteiger partial charge in [0.05, 0.1) is 10.4 Å². The number of nitrogens with one attached hydrogen (secondary N) is 1. The molecular weight excluding hydrogens is 358 g/mol. The van der Waals surface area contributed by atoms with Gasteiger partial charge in [-0.3, -0.25) is 0 Å². The number of hydrogen-bond donors (Lipinski definition) is 1. The molecule has 0 aliphatic carbocycles. The smallest absolute Gasteiger partial charge is 0.269 e. The maximum Gasteiger partial charge on any atom is 0.269 e. The molecule has 1 aromatic heterocycles. The van der Waals surface area contributed by atoms with E-state index in [1.54, 1.807) is 24.3 Å². The number of fused-ring (bicyclic) bond motifs is 1. The van der Waals surface area contributed by atoms with Crippen LogP contribution in [-0.4, -0.2) is 38.6 Å². The van der Waals surface area contributed by atoms with Crippen molar-refractivity contribution in [1.82, 2.24) is 9.29 Å². The summed E-state index contributed by atoms with van der Waals surface area (Å²) in [7, 11) is -3.65. The van der Waals surface area contributed by atoms with Crippen molar-refractivity contribution >= 4 is 39.2 Å². The fourth-order valence-corrected chi connectivity index (χ4v) is 4.73. The first-order valence-corrected chi connectivity index (χ1v) is 9.49. The second-order valence-corrected chi connectivity index (χ2v) is 7.67. The summed E-state index contributed by atoms with van der Waals surface area (Å²) in [6.45, 7) is 3.29. The molecule has 7 heteroatoms. The Labute approximate surface area is 153 Å². The molecule has 2 aromatic carbocycles. The highest BCUT2D eigenvalue weighted by Gasteiger charge is 2.26. The van der Waals surface area contributed by atoms with Crippen LogP contribution in [0.25, 0.3) is 10.9 Å². The zero-order chi connectivity index (χ0) is 16.6. The first kappa shape index (κ1) is 17.8. The minimum Gasteiger partial charge on any atom is -0.355 e. The van der Waals surface area contributed by atoms with E-state index in [4.69, 9.17) is 0 Å². The van der Waals surface area contributed by atoms with E-state index in [-0.39, 0.29) is 12.4 Å². The molecule has 0 unspecified atom stereocenters. The molecular formula is C18H20ClN3O2S. The molecule has 1 aliphatic rings. The molecule has 0 amide bonds. The standard InChI is InChI=1S/C18H19N3O2S.ClH/c22-24(23,16-7-2-1-3-8-16)21-17-9-5-4-6-15(17)14-18(21)20-12-10-19-11-13-20;/h1-9,14,19H,10-13H2;1H. The Morgan fingerprint density at radius 3 is 2.24 bits per heavy atom. The van der Waals surface area contributed by atoms with Gasteiger partial charge in [0.15, 0.2) is 0 Å². The third-order valence-corrected chi connectivity index (χ3v) is 6.10. The lowest BCUT2D eigenvalue weighted by Crippen LogP contribution is -2.44. The molecule has 1 N–H and O–H groups in total. The SMILES string of the molecule is Cl.O=S(=O)(c1ccccc1)n1c(N2CCNCC2)cc2ccccc21. The molecule has 3 aromatic rings. The largest absolute Gasteiger partial charge is 0.355 e. The van der Waals surface area contributed by atoms with E-state index in [1.165, 1.54) is 3.97 Å². The normalized spacial score (nSPS) is 15.1. The van der Waals surface area contributed by atoms with Crippen molar-refractivity contribution in [2.45, 2.75) is 4.90 Å². The van der Waals surface area contributed by atoms with Crippen LogP contribution >= 0.6 is 12.4 Å². The number of nitrogens with zero attached hydrogens (tertiary/aromatic N) is 2. The van der Waals surface area contributed by atoms with Crippen molar-refractivity contribution in [3.8, 4) is 0 Å². The lowest BCUT2D eigenvalue weighted by molar-refractivity contribution is 0.573. The topological polar surface area (TPSA) is 54.3 Å². The monoisotopic (exact) mass is 377 g/mol. The molecule has 132 valence electrons. The highest BCUT2D eigenvalue weighted by Crippen LogP contribution is 2.31. The maximum atomic E-state index is 13.3. The molecule has 5 nitrogen and oxygen atoms in total. The summed E-state index contributed by atoms with van der Waals surface area (Å²) in [6.07, 6.45) is 0. The third-order valence-electron chi connectivity index (χ3n) is 4.37. The van der Waals surface area contributed by atoms with Gasteiger partial charge in [0.1, 0.15) is 5.82 Å². The molecule has 0 spiro atoms. The number of halogens is 1. The lowest BCUT2D eigenvalue weighted by Gasteiger charge is -2.30. The summed E-state index contributed by atoms with van der Waals surface area (Å²) in [5, 5.41) is 4.24. The van der Waals surface area contributed by atoms with Crippen molar-refractivity contribution in [3.63, 3.8) is 0 Å².